The standard InChI is InChI=1S/C33H32N2O5S/c1-4-40-33(37)26-21-35(20-23-14-8-10-16-27(23)38-2)32-29(30(26)36)25(19-34-18-22-12-6-5-7-13-22)31(41-32)24-15-9-11-17-28(24)39-3/h5-17,21,34H,4,18-20H2,1-3H3. The van der Waals surface area contributed by atoms with Crippen molar-refractivity contribution in [2.24, 2.45) is 0 Å². The Kier molecular flexibility index (Phi) is 8.82. The minimum absolute atomic E-state index is 0.00272. The highest BCUT2D eigenvalue weighted by atomic mass is 32.1. The molecule has 41 heavy (non-hydrogen) atoms. The zero-order valence-electron chi connectivity index (χ0n) is 23.3. The third kappa shape index (κ3) is 5.89. The maximum atomic E-state index is 14.0. The van der Waals surface area contributed by atoms with Gasteiger partial charge in [-0.1, -0.05) is 60.7 Å². The molecule has 0 aliphatic rings. The molecule has 210 valence electrons. The van der Waals surface area contributed by atoms with Crippen LogP contribution in [0.1, 0.15) is 34.0 Å². The summed E-state index contributed by atoms with van der Waals surface area (Å²) in [5, 5.41) is 4.01. The summed E-state index contributed by atoms with van der Waals surface area (Å²) in [4.78, 5) is 28.7. The first-order valence-corrected chi connectivity index (χ1v) is 14.2. The smallest absolute Gasteiger partial charge is 0.343 e. The molecule has 0 aliphatic carbocycles. The molecule has 0 amide bonds. The number of thiophene rings is 1. The third-order valence-electron chi connectivity index (χ3n) is 6.86. The van der Waals surface area contributed by atoms with Crippen LogP contribution in [0.25, 0.3) is 20.7 Å². The van der Waals surface area contributed by atoms with Crippen LogP contribution in [-0.2, 0) is 24.4 Å². The largest absolute Gasteiger partial charge is 0.496 e. The average Bonchev–Trinajstić information content (AvgIpc) is 3.39. The van der Waals surface area contributed by atoms with Crippen LogP contribution in [0.4, 0.5) is 0 Å². The zero-order valence-corrected chi connectivity index (χ0v) is 24.1. The number of hydrogen-bond donors (Lipinski definition) is 1. The molecule has 0 aliphatic heterocycles. The van der Waals surface area contributed by atoms with Gasteiger partial charge in [-0.2, -0.15) is 0 Å². The van der Waals surface area contributed by atoms with E-state index in [1.54, 1.807) is 27.3 Å². The van der Waals surface area contributed by atoms with Crippen LogP contribution in [0, 0.1) is 0 Å². The Morgan fingerprint density at radius 3 is 2.29 bits per heavy atom. The summed E-state index contributed by atoms with van der Waals surface area (Å²) in [7, 11) is 3.27. The highest BCUT2D eigenvalue weighted by Gasteiger charge is 2.25. The Hall–Kier alpha value is -4.40. The van der Waals surface area contributed by atoms with E-state index in [2.05, 4.69) is 17.4 Å². The normalized spacial score (nSPS) is 11.0. The molecule has 0 spiro atoms. The second-order valence-electron chi connectivity index (χ2n) is 9.41. The molecule has 3 aromatic carbocycles. The number of carbonyl (C=O) groups is 1. The summed E-state index contributed by atoms with van der Waals surface area (Å²) < 4.78 is 18.6. The van der Waals surface area contributed by atoms with Gasteiger partial charge in [0.2, 0.25) is 5.43 Å². The van der Waals surface area contributed by atoms with Gasteiger partial charge in [0, 0.05) is 35.3 Å². The predicted molar refractivity (Wildman–Crippen MR) is 163 cm³/mol. The van der Waals surface area contributed by atoms with Gasteiger partial charge < -0.3 is 24.1 Å². The third-order valence-corrected chi connectivity index (χ3v) is 8.16. The van der Waals surface area contributed by atoms with Crippen molar-refractivity contribution in [3.8, 4) is 21.9 Å². The van der Waals surface area contributed by atoms with Crippen LogP contribution < -0.4 is 20.2 Å². The van der Waals surface area contributed by atoms with Gasteiger partial charge in [0.05, 0.1) is 32.8 Å². The molecular formula is C33H32N2O5S. The van der Waals surface area contributed by atoms with Crippen molar-refractivity contribution in [3.63, 3.8) is 0 Å². The van der Waals surface area contributed by atoms with Gasteiger partial charge in [0.1, 0.15) is 21.9 Å². The van der Waals surface area contributed by atoms with Crippen molar-refractivity contribution in [3.05, 3.63) is 118 Å². The number of rotatable bonds is 11. The van der Waals surface area contributed by atoms with Crippen LogP contribution in [0.2, 0.25) is 0 Å². The number of pyridine rings is 1. The first-order chi connectivity index (χ1) is 20.0. The Labute approximate surface area is 242 Å². The molecule has 7 nitrogen and oxygen atoms in total. The molecule has 0 atom stereocenters. The van der Waals surface area contributed by atoms with Crippen molar-refractivity contribution in [1.82, 2.24) is 9.88 Å². The van der Waals surface area contributed by atoms with Gasteiger partial charge in [-0.3, -0.25) is 4.79 Å². The summed E-state index contributed by atoms with van der Waals surface area (Å²) in [6, 6.07) is 25.6. The van der Waals surface area contributed by atoms with E-state index in [0.717, 1.165) is 37.7 Å². The van der Waals surface area contributed by atoms with Crippen LogP contribution >= 0.6 is 11.3 Å². The minimum atomic E-state index is -0.638. The highest BCUT2D eigenvalue weighted by molar-refractivity contribution is 7.22. The number of aromatic nitrogens is 1. The second kappa shape index (κ2) is 12.8. The summed E-state index contributed by atoms with van der Waals surface area (Å²) >= 11 is 1.51. The van der Waals surface area contributed by atoms with Gasteiger partial charge in [-0.05, 0) is 36.2 Å². The summed E-state index contributed by atoms with van der Waals surface area (Å²) in [5.41, 5.74) is 3.41. The van der Waals surface area contributed by atoms with Gasteiger partial charge in [0.25, 0.3) is 0 Å². The lowest BCUT2D eigenvalue weighted by Gasteiger charge is -2.14. The fourth-order valence-electron chi connectivity index (χ4n) is 4.93. The number of nitrogens with zero attached hydrogens (tertiary/aromatic N) is 1. The minimum Gasteiger partial charge on any atom is -0.496 e. The van der Waals surface area contributed by atoms with E-state index in [-0.39, 0.29) is 17.6 Å². The summed E-state index contributed by atoms with van der Waals surface area (Å²) in [6.45, 7) is 3.34. The van der Waals surface area contributed by atoms with Crippen molar-refractivity contribution in [2.45, 2.75) is 26.6 Å². The molecule has 2 heterocycles. The number of hydrogen-bond acceptors (Lipinski definition) is 7. The molecule has 0 unspecified atom stereocenters. The maximum absolute atomic E-state index is 14.0. The molecule has 5 rings (SSSR count). The van der Waals surface area contributed by atoms with Crippen LogP contribution in [0.15, 0.2) is 89.9 Å². The molecule has 0 fully saturated rings. The van der Waals surface area contributed by atoms with E-state index >= 15 is 0 Å². The molecule has 0 bridgehead atoms. The van der Waals surface area contributed by atoms with E-state index in [1.165, 1.54) is 11.3 Å². The number of fused-ring (bicyclic) bond motifs is 1. The van der Waals surface area contributed by atoms with E-state index in [0.29, 0.717) is 30.8 Å². The topological polar surface area (TPSA) is 78.8 Å². The molecule has 1 N–H and O–H groups in total. The number of ether oxygens (including phenoxy) is 3. The molecule has 0 saturated carbocycles. The maximum Gasteiger partial charge on any atom is 0.343 e. The number of esters is 1. The van der Waals surface area contributed by atoms with Gasteiger partial charge >= 0.3 is 5.97 Å². The van der Waals surface area contributed by atoms with Crippen molar-refractivity contribution in [2.75, 3.05) is 20.8 Å². The van der Waals surface area contributed by atoms with Crippen molar-refractivity contribution in [1.29, 1.82) is 0 Å². The lowest BCUT2D eigenvalue weighted by atomic mass is 10.0. The molecule has 8 heteroatoms. The first kappa shape index (κ1) is 28.1. The lowest BCUT2D eigenvalue weighted by Crippen LogP contribution is -2.22. The van der Waals surface area contributed by atoms with E-state index in [9.17, 15) is 9.59 Å². The first-order valence-electron chi connectivity index (χ1n) is 13.4. The number of carbonyl (C=O) groups excluding carboxylic acids is 1. The second-order valence-corrected chi connectivity index (χ2v) is 10.4. The number of nitrogens with one attached hydrogen (secondary N) is 1. The Morgan fingerprint density at radius 1 is 0.878 bits per heavy atom. The summed E-state index contributed by atoms with van der Waals surface area (Å²) in [6.07, 6.45) is 1.61. The fraction of sp³-hybridized carbons (Fsp3) is 0.212. The highest BCUT2D eigenvalue weighted by Crippen LogP contribution is 2.42. The van der Waals surface area contributed by atoms with E-state index in [4.69, 9.17) is 14.2 Å². The number of benzene rings is 3. The number of para-hydroxylation sites is 2. The quantitative estimate of drug-likeness (QED) is 0.190. The number of methoxy groups -OCH3 is 2. The monoisotopic (exact) mass is 568 g/mol. The SMILES string of the molecule is CCOC(=O)c1cn(Cc2ccccc2OC)c2sc(-c3ccccc3OC)c(CNCc3ccccc3)c2c1=O. The Bertz CT molecular complexity index is 1730. The van der Waals surface area contributed by atoms with E-state index < -0.39 is 5.97 Å². The van der Waals surface area contributed by atoms with Crippen LogP contribution in [0.5, 0.6) is 11.5 Å². The molecule has 5 aromatic rings. The average molecular weight is 569 g/mol. The van der Waals surface area contributed by atoms with Crippen LogP contribution in [0.3, 0.4) is 0 Å². The van der Waals surface area contributed by atoms with Gasteiger partial charge in [-0.25, -0.2) is 4.79 Å². The lowest BCUT2D eigenvalue weighted by molar-refractivity contribution is 0.0524. The predicted octanol–water partition coefficient (Wildman–Crippen LogP) is 6.26. The van der Waals surface area contributed by atoms with Crippen molar-refractivity contribution < 1.29 is 19.0 Å². The van der Waals surface area contributed by atoms with Crippen molar-refractivity contribution >= 4 is 27.5 Å². The van der Waals surface area contributed by atoms with Gasteiger partial charge in [-0.15, -0.1) is 11.3 Å². The fourth-order valence-corrected chi connectivity index (χ4v) is 6.25. The zero-order chi connectivity index (χ0) is 28.8. The van der Waals surface area contributed by atoms with Crippen LogP contribution in [-0.4, -0.2) is 31.4 Å². The van der Waals surface area contributed by atoms with E-state index in [1.807, 2.05) is 71.3 Å². The molecular weight excluding hydrogens is 536 g/mol. The molecule has 0 saturated heterocycles. The molecule has 2 aromatic heterocycles. The molecule has 0 radical (unpaired) electrons. The van der Waals surface area contributed by atoms with Gasteiger partial charge in [0.15, 0.2) is 0 Å². The summed E-state index contributed by atoms with van der Waals surface area (Å²) in [5.74, 6) is 0.794. The Morgan fingerprint density at radius 2 is 1.56 bits per heavy atom. The Balaban J connectivity index is 1.73.